The van der Waals surface area contributed by atoms with Crippen LogP contribution in [-0.4, -0.2) is 32.3 Å². The van der Waals surface area contributed by atoms with Crippen molar-refractivity contribution < 1.29 is 14.3 Å². The summed E-state index contributed by atoms with van der Waals surface area (Å²) in [7, 11) is 3.26. The average molecular weight is 407 g/mol. The highest BCUT2D eigenvalue weighted by atomic mass is 16.5. The Labute approximate surface area is 178 Å². The van der Waals surface area contributed by atoms with Gasteiger partial charge in [-0.1, -0.05) is 45.0 Å². The highest BCUT2D eigenvalue weighted by molar-refractivity contribution is 5.84. The van der Waals surface area contributed by atoms with E-state index >= 15 is 0 Å². The smallest absolute Gasteiger partial charge is 0.223 e. The maximum Gasteiger partial charge on any atom is 0.223 e. The lowest BCUT2D eigenvalue weighted by Gasteiger charge is -2.49. The molecule has 1 saturated heterocycles. The summed E-state index contributed by atoms with van der Waals surface area (Å²) < 4.78 is 10.8. The van der Waals surface area contributed by atoms with Gasteiger partial charge < -0.3 is 19.7 Å². The van der Waals surface area contributed by atoms with Crippen LogP contribution in [0.4, 0.5) is 5.69 Å². The quantitative estimate of drug-likeness (QED) is 0.805. The second kappa shape index (κ2) is 7.38. The Hall–Kier alpha value is -2.95. The van der Waals surface area contributed by atoms with Crippen molar-refractivity contribution in [2.75, 3.05) is 25.7 Å². The molecule has 5 nitrogen and oxygen atoms in total. The summed E-state index contributed by atoms with van der Waals surface area (Å²) in [6.07, 6.45) is 5.69. The van der Waals surface area contributed by atoms with Crippen molar-refractivity contribution in [3.63, 3.8) is 0 Å². The Morgan fingerprint density at radius 1 is 1.10 bits per heavy atom. The molecule has 0 bridgehead atoms. The molecule has 0 spiro atoms. The number of hydrogen-bond donors (Lipinski definition) is 1. The van der Waals surface area contributed by atoms with Crippen LogP contribution in [0.5, 0.6) is 11.5 Å². The molecule has 0 aliphatic carbocycles. The van der Waals surface area contributed by atoms with Crippen LogP contribution in [0.1, 0.15) is 43.9 Å². The molecule has 2 aliphatic rings. The lowest BCUT2D eigenvalue weighted by molar-refractivity contribution is -0.124. The first-order valence-electron chi connectivity index (χ1n) is 10.5. The van der Waals surface area contributed by atoms with Crippen LogP contribution >= 0.6 is 0 Å². The molecule has 2 aliphatic heterocycles. The number of nitrogens with zero attached hydrogens (tertiary/aromatic N) is 1. The van der Waals surface area contributed by atoms with Gasteiger partial charge in [0.1, 0.15) is 5.66 Å². The Morgan fingerprint density at radius 3 is 2.57 bits per heavy atom. The van der Waals surface area contributed by atoms with Crippen molar-refractivity contribution in [3.8, 4) is 11.5 Å². The summed E-state index contributed by atoms with van der Waals surface area (Å²) in [5.74, 6) is 1.46. The number of nitrogens with one attached hydrogen (secondary N) is 1. The van der Waals surface area contributed by atoms with Crippen LogP contribution in [0.25, 0.3) is 6.08 Å². The summed E-state index contributed by atoms with van der Waals surface area (Å²) in [6.45, 7) is 7.31. The first kappa shape index (κ1) is 20.3. The van der Waals surface area contributed by atoms with E-state index in [0.717, 1.165) is 12.0 Å². The number of fused-ring (bicyclic) bond motifs is 3. The van der Waals surface area contributed by atoms with Gasteiger partial charge >= 0.3 is 0 Å². The molecule has 5 heteroatoms. The number of hydrogen-bond acceptors (Lipinski definition) is 4. The van der Waals surface area contributed by atoms with Crippen molar-refractivity contribution in [3.05, 3.63) is 59.2 Å². The Balaban J connectivity index is 1.81. The SMILES string of the molecule is CCc1ccc2c(c1)C(C)(C)[C@]1(C=Cc3ccc(OC)c(OC)c3)NC(=O)CCN21. The van der Waals surface area contributed by atoms with Gasteiger partial charge in [-0.2, -0.15) is 0 Å². The van der Waals surface area contributed by atoms with Gasteiger partial charge in [-0.25, -0.2) is 0 Å². The minimum absolute atomic E-state index is 0.0832. The van der Waals surface area contributed by atoms with Crippen molar-refractivity contribution in [2.24, 2.45) is 0 Å². The Kier molecular flexibility index (Phi) is 5.00. The number of carbonyl (C=O) groups is 1. The normalized spacial score (nSPS) is 21.9. The van der Waals surface area contributed by atoms with Gasteiger partial charge in [-0.3, -0.25) is 4.79 Å². The minimum atomic E-state index is -0.621. The standard InChI is InChI=1S/C25H30N2O3/c1-6-17-7-9-20-19(15-17)24(2,3)25(26-23(28)12-14-27(20)25)13-11-18-8-10-21(29-4)22(16-18)30-5/h7-11,13,15-16H,6,12,14H2,1-5H3,(H,26,28)/t25-/m1/s1. The summed E-state index contributed by atoms with van der Waals surface area (Å²) in [6, 6.07) is 12.5. The highest BCUT2D eigenvalue weighted by Gasteiger charge is 2.57. The maximum atomic E-state index is 12.6. The topological polar surface area (TPSA) is 50.8 Å². The molecule has 30 heavy (non-hydrogen) atoms. The lowest BCUT2D eigenvalue weighted by Crippen LogP contribution is -2.68. The van der Waals surface area contributed by atoms with E-state index in [1.54, 1.807) is 14.2 Å². The van der Waals surface area contributed by atoms with Gasteiger partial charge in [-0.15, -0.1) is 0 Å². The van der Waals surface area contributed by atoms with Crippen LogP contribution in [-0.2, 0) is 16.6 Å². The number of carbonyl (C=O) groups excluding carboxylic acids is 1. The fourth-order valence-corrected chi connectivity index (χ4v) is 4.79. The number of aryl methyl sites for hydroxylation is 1. The van der Waals surface area contributed by atoms with Gasteiger partial charge in [0.2, 0.25) is 5.91 Å². The van der Waals surface area contributed by atoms with Crippen molar-refractivity contribution in [1.29, 1.82) is 0 Å². The van der Waals surface area contributed by atoms with Crippen LogP contribution < -0.4 is 19.7 Å². The summed E-state index contributed by atoms with van der Waals surface area (Å²) in [4.78, 5) is 14.9. The highest BCUT2D eigenvalue weighted by Crippen LogP contribution is 2.52. The van der Waals surface area contributed by atoms with E-state index in [9.17, 15) is 4.79 Å². The monoisotopic (exact) mass is 406 g/mol. The third kappa shape index (κ3) is 2.95. The van der Waals surface area contributed by atoms with E-state index < -0.39 is 5.66 Å². The van der Waals surface area contributed by atoms with Crippen LogP contribution in [0.15, 0.2) is 42.5 Å². The largest absolute Gasteiger partial charge is 0.493 e. The van der Waals surface area contributed by atoms with Gasteiger partial charge in [-0.05, 0) is 47.4 Å². The molecule has 2 aromatic rings. The Morgan fingerprint density at radius 2 is 1.87 bits per heavy atom. The Bertz CT molecular complexity index is 1010. The molecule has 1 atom stereocenters. The first-order chi connectivity index (χ1) is 14.4. The predicted octanol–water partition coefficient (Wildman–Crippen LogP) is 4.29. The maximum absolute atomic E-state index is 12.6. The fourth-order valence-electron chi connectivity index (χ4n) is 4.79. The predicted molar refractivity (Wildman–Crippen MR) is 120 cm³/mol. The number of rotatable bonds is 5. The molecule has 2 aromatic carbocycles. The third-order valence-electron chi connectivity index (χ3n) is 6.63. The molecule has 4 rings (SSSR count). The third-order valence-corrected chi connectivity index (χ3v) is 6.63. The minimum Gasteiger partial charge on any atom is -0.493 e. The average Bonchev–Trinajstić information content (AvgIpc) is 2.95. The zero-order chi connectivity index (χ0) is 21.5. The fraction of sp³-hybridized carbons (Fsp3) is 0.400. The second-order valence-electron chi connectivity index (χ2n) is 8.49. The number of anilines is 1. The molecule has 1 N–H and O–H groups in total. The zero-order valence-corrected chi connectivity index (χ0v) is 18.4. The van der Waals surface area contributed by atoms with Crippen molar-refractivity contribution in [2.45, 2.75) is 44.7 Å². The number of benzene rings is 2. The molecule has 0 aromatic heterocycles. The van der Waals surface area contributed by atoms with Gasteiger partial charge in [0.05, 0.1) is 14.2 Å². The van der Waals surface area contributed by atoms with E-state index in [0.29, 0.717) is 24.5 Å². The van der Waals surface area contributed by atoms with Crippen LogP contribution in [0.2, 0.25) is 0 Å². The van der Waals surface area contributed by atoms with Gasteiger partial charge in [0, 0.05) is 24.1 Å². The van der Waals surface area contributed by atoms with E-state index in [4.69, 9.17) is 9.47 Å². The van der Waals surface area contributed by atoms with E-state index in [-0.39, 0.29) is 11.3 Å². The van der Waals surface area contributed by atoms with Crippen LogP contribution in [0, 0.1) is 0 Å². The lowest BCUT2D eigenvalue weighted by atomic mass is 9.74. The first-order valence-corrected chi connectivity index (χ1v) is 10.5. The molecule has 0 radical (unpaired) electrons. The molecule has 0 unspecified atom stereocenters. The second-order valence-corrected chi connectivity index (χ2v) is 8.49. The number of amides is 1. The van der Waals surface area contributed by atoms with Gasteiger partial charge in [0.15, 0.2) is 11.5 Å². The summed E-state index contributed by atoms with van der Waals surface area (Å²) in [5, 5.41) is 3.33. The van der Waals surface area contributed by atoms with E-state index in [1.807, 2.05) is 18.2 Å². The van der Waals surface area contributed by atoms with Gasteiger partial charge in [0.25, 0.3) is 0 Å². The molecule has 158 valence electrons. The molecular weight excluding hydrogens is 376 g/mol. The van der Waals surface area contributed by atoms with Crippen molar-refractivity contribution in [1.82, 2.24) is 5.32 Å². The summed E-state index contributed by atoms with van der Waals surface area (Å²) >= 11 is 0. The number of ether oxygens (including phenoxy) is 2. The molecule has 1 fully saturated rings. The zero-order valence-electron chi connectivity index (χ0n) is 18.4. The van der Waals surface area contributed by atoms with Crippen molar-refractivity contribution >= 4 is 17.7 Å². The summed E-state index contributed by atoms with van der Waals surface area (Å²) in [5.41, 5.74) is 3.87. The number of methoxy groups -OCH3 is 2. The van der Waals surface area contributed by atoms with E-state index in [2.05, 4.69) is 61.3 Å². The molecule has 1 amide bonds. The molecular formula is C25H30N2O3. The molecule has 0 saturated carbocycles. The van der Waals surface area contributed by atoms with E-state index in [1.165, 1.54) is 16.8 Å². The molecule has 2 heterocycles. The van der Waals surface area contributed by atoms with Crippen LogP contribution in [0.3, 0.4) is 0 Å².